The molecule has 0 amide bonds. The number of aromatic nitrogens is 2. The van der Waals surface area contributed by atoms with Gasteiger partial charge in [0.15, 0.2) is 12.1 Å². The number of nitrogens with zero attached hydrogens (tertiary/aromatic N) is 2. The molecule has 6 nitrogen and oxygen atoms in total. The maximum atomic E-state index is 11.3. The molecule has 112 valence electrons. The highest BCUT2D eigenvalue weighted by Gasteiger charge is 2.73. The Morgan fingerprint density at radius 1 is 1.52 bits per heavy atom. The molecule has 0 spiro atoms. The minimum Gasteiger partial charge on any atom is -0.481 e. The number of carbonyl (C=O) groups excluding carboxylic acids is 1. The van der Waals surface area contributed by atoms with E-state index in [0.717, 1.165) is 30.7 Å². The predicted octanol–water partition coefficient (Wildman–Crippen LogP) is 1.30. The first-order valence-corrected chi connectivity index (χ1v) is 7.37. The molecule has 6 heteroatoms. The minimum absolute atomic E-state index is 0.105. The summed E-state index contributed by atoms with van der Waals surface area (Å²) in [6, 6.07) is 0. The summed E-state index contributed by atoms with van der Waals surface area (Å²) >= 11 is 0. The van der Waals surface area contributed by atoms with Crippen LogP contribution in [0.4, 0.5) is 0 Å². The van der Waals surface area contributed by atoms with E-state index >= 15 is 0 Å². The van der Waals surface area contributed by atoms with Gasteiger partial charge in [-0.05, 0) is 32.6 Å². The number of carboxylic acids is 1. The van der Waals surface area contributed by atoms with Crippen LogP contribution in [-0.2, 0) is 21.5 Å². The Bertz CT molecular complexity index is 625. The van der Waals surface area contributed by atoms with Gasteiger partial charge in [0.25, 0.3) is 0 Å². The summed E-state index contributed by atoms with van der Waals surface area (Å²) in [5.41, 5.74) is 1.29. The van der Waals surface area contributed by atoms with Crippen molar-refractivity contribution >= 4 is 12.3 Å². The van der Waals surface area contributed by atoms with Crippen molar-refractivity contribution in [3.8, 4) is 0 Å². The van der Waals surface area contributed by atoms with Crippen LogP contribution in [0, 0.1) is 12.3 Å². The van der Waals surface area contributed by atoms with Crippen LogP contribution < -0.4 is 0 Å². The number of aliphatic carboxylic acids is 1. The highest BCUT2D eigenvalue weighted by Crippen LogP contribution is 2.73. The molecular formula is C15H18N2O4. The largest absolute Gasteiger partial charge is 0.481 e. The second kappa shape index (κ2) is 3.94. The van der Waals surface area contributed by atoms with E-state index in [1.165, 1.54) is 0 Å². The van der Waals surface area contributed by atoms with Crippen molar-refractivity contribution in [2.24, 2.45) is 5.41 Å². The molecule has 0 unspecified atom stereocenters. The van der Waals surface area contributed by atoms with Gasteiger partial charge in [-0.15, -0.1) is 0 Å². The standard InChI is InChI=1S/C15H18N2O4/c1-9-12(14-6-15(7-14,8-14)13(19)20)16-11(5-18)17(9)4-10-2-3-21-10/h5,10H,2-4,6-8H2,1H3,(H,19,20)/t10-,14?,15?/m0/s1. The lowest BCUT2D eigenvalue weighted by atomic mass is 9.34. The van der Waals surface area contributed by atoms with Crippen LogP contribution in [0.2, 0.25) is 0 Å². The third-order valence-corrected chi connectivity index (χ3v) is 5.52. The van der Waals surface area contributed by atoms with E-state index in [9.17, 15) is 14.7 Å². The van der Waals surface area contributed by atoms with Gasteiger partial charge in [-0.2, -0.15) is 0 Å². The normalized spacial score (nSPS) is 36.3. The van der Waals surface area contributed by atoms with Crippen LogP contribution in [0.25, 0.3) is 0 Å². The van der Waals surface area contributed by atoms with Gasteiger partial charge in [-0.1, -0.05) is 0 Å². The van der Waals surface area contributed by atoms with Crippen LogP contribution in [0.15, 0.2) is 0 Å². The van der Waals surface area contributed by atoms with E-state index in [4.69, 9.17) is 4.74 Å². The average molecular weight is 290 g/mol. The molecule has 0 aromatic carbocycles. The molecule has 1 atom stereocenters. The summed E-state index contributed by atoms with van der Waals surface area (Å²) in [7, 11) is 0. The molecule has 1 aromatic heterocycles. The lowest BCUT2D eigenvalue weighted by Crippen LogP contribution is -2.68. The SMILES string of the molecule is Cc1c(C23CC(C(=O)O)(C2)C3)nc(C=O)n1C[C@@H]1CCO1. The minimum atomic E-state index is -0.695. The molecule has 1 N–H and O–H groups in total. The number of hydrogen-bond acceptors (Lipinski definition) is 4. The molecule has 1 aliphatic heterocycles. The van der Waals surface area contributed by atoms with Crippen LogP contribution in [-0.4, -0.2) is 39.6 Å². The van der Waals surface area contributed by atoms with E-state index in [1.807, 2.05) is 11.5 Å². The zero-order chi connectivity index (χ0) is 14.8. The second-order valence-corrected chi connectivity index (χ2v) is 6.81. The molecule has 1 aromatic rings. The van der Waals surface area contributed by atoms with E-state index in [1.54, 1.807) is 0 Å². The van der Waals surface area contributed by atoms with Gasteiger partial charge >= 0.3 is 5.97 Å². The molecule has 1 saturated heterocycles. The number of imidazole rings is 1. The molecule has 4 fully saturated rings. The third kappa shape index (κ3) is 1.54. The van der Waals surface area contributed by atoms with Crippen molar-refractivity contribution in [1.82, 2.24) is 9.55 Å². The van der Waals surface area contributed by atoms with Crippen molar-refractivity contribution < 1.29 is 19.4 Å². The summed E-state index contributed by atoms with van der Waals surface area (Å²) in [5, 5.41) is 9.23. The van der Waals surface area contributed by atoms with Gasteiger partial charge in [-0.3, -0.25) is 9.59 Å². The van der Waals surface area contributed by atoms with Gasteiger partial charge in [0, 0.05) is 17.7 Å². The van der Waals surface area contributed by atoms with Crippen LogP contribution >= 0.6 is 0 Å². The molecular weight excluding hydrogens is 272 g/mol. The first-order chi connectivity index (χ1) is 10.00. The highest BCUT2D eigenvalue weighted by atomic mass is 16.5. The molecule has 2 bridgehead atoms. The quantitative estimate of drug-likeness (QED) is 0.827. The molecule has 2 heterocycles. The Morgan fingerprint density at radius 3 is 2.67 bits per heavy atom. The fourth-order valence-corrected chi connectivity index (χ4v) is 4.28. The monoisotopic (exact) mass is 290 g/mol. The van der Waals surface area contributed by atoms with Gasteiger partial charge in [0.1, 0.15) is 0 Å². The van der Waals surface area contributed by atoms with Crippen LogP contribution in [0.1, 0.15) is 47.7 Å². The van der Waals surface area contributed by atoms with E-state index < -0.39 is 11.4 Å². The summed E-state index contributed by atoms with van der Waals surface area (Å²) < 4.78 is 7.37. The Labute approximate surface area is 122 Å². The first-order valence-electron chi connectivity index (χ1n) is 7.37. The summed E-state index contributed by atoms with van der Waals surface area (Å²) in [6.45, 7) is 3.42. The number of carboxylic acid groups (broad SMARTS) is 1. The van der Waals surface area contributed by atoms with Crippen LogP contribution in [0.3, 0.4) is 0 Å². The zero-order valence-electron chi connectivity index (χ0n) is 12.0. The molecule has 3 aliphatic carbocycles. The van der Waals surface area contributed by atoms with E-state index in [-0.39, 0.29) is 11.5 Å². The Balaban J connectivity index is 1.62. The van der Waals surface area contributed by atoms with Crippen molar-refractivity contribution in [1.29, 1.82) is 0 Å². The number of aldehydes is 1. The highest BCUT2D eigenvalue weighted by molar-refractivity contribution is 5.81. The fourth-order valence-electron chi connectivity index (χ4n) is 4.28. The summed E-state index contributed by atoms with van der Waals surface area (Å²) in [4.78, 5) is 27.0. The topological polar surface area (TPSA) is 81.4 Å². The van der Waals surface area contributed by atoms with E-state index in [2.05, 4.69) is 4.98 Å². The fraction of sp³-hybridized carbons (Fsp3) is 0.667. The lowest BCUT2D eigenvalue weighted by Gasteiger charge is -2.67. The maximum absolute atomic E-state index is 11.3. The maximum Gasteiger partial charge on any atom is 0.309 e. The number of hydrogen-bond donors (Lipinski definition) is 1. The first kappa shape index (κ1) is 13.0. The number of ether oxygens (including phenoxy) is 1. The van der Waals surface area contributed by atoms with Gasteiger partial charge < -0.3 is 14.4 Å². The molecule has 5 rings (SSSR count). The number of rotatable bonds is 5. The van der Waals surface area contributed by atoms with Gasteiger partial charge in [0.05, 0.1) is 23.8 Å². The second-order valence-electron chi connectivity index (χ2n) is 6.81. The van der Waals surface area contributed by atoms with Gasteiger partial charge in [-0.25, -0.2) is 4.98 Å². The Morgan fingerprint density at radius 2 is 2.19 bits per heavy atom. The van der Waals surface area contributed by atoms with E-state index in [0.29, 0.717) is 31.6 Å². The lowest BCUT2D eigenvalue weighted by molar-refractivity contribution is -0.195. The Hall–Kier alpha value is -1.69. The summed E-state index contributed by atoms with van der Waals surface area (Å²) in [5.74, 6) is -0.257. The van der Waals surface area contributed by atoms with Gasteiger partial charge in [0.2, 0.25) is 0 Å². The zero-order valence-corrected chi connectivity index (χ0v) is 12.0. The smallest absolute Gasteiger partial charge is 0.309 e. The molecule has 21 heavy (non-hydrogen) atoms. The molecule has 4 aliphatic rings. The number of carbonyl (C=O) groups is 2. The summed E-state index contributed by atoms with van der Waals surface area (Å²) in [6.07, 6.45) is 3.94. The van der Waals surface area contributed by atoms with Crippen molar-refractivity contribution in [3.05, 3.63) is 17.2 Å². The molecule has 0 radical (unpaired) electrons. The predicted molar refractivity (Wildman–Crippen MR) is 72.3 cm³/mol. The Kier molecular flexibility index (Phi) is 2.44. The van der Waals surface area contributed by atoms with Crippen molar-refractivity contribution in [2.75, 3.05) is 6.61 Å². The van der Waals surface area contributed by atoms with Crippen LogP contribution in [0.5, 0.6) is 0 Å². The van der Waals surface area contributed by atoms with Crippen molar-refractivity contribution in [2.45, 2.75) is 50.7 Å². The average Bonchev–Trinajstić information content (AvgIpc) is 2.58. The van der Waals surface area contributed by atoms with Crippen molar-refractivity contribution in [3.63, 3.8) is 0 Å². The molecule has 3 saturated carbocycles. The third-order valence-electron chi connectivity index (χ3n) is 5.52.